The maximum Gasteiger partial charge on any atom is 0.123 e. The number of benzene rings is 1. The second-order valence-electron chi connectivity index (χ2n) is 7.52. The summed E-state index contributed by atoms with van der Waals surface area (Å²) in [6, 6.07) is 8.31. The molecule has 0 aliphatic rings. The van der Waals surface area contributed by atoms with Gasteiger partial charge in [0.2, 0.25) is 0 Å². The Kier molecular flexibility index (Phi) is 6.25. The number of ether oxygens (including phenoxy) is 1. The molecule has 2 aromatic rings. The molecule has 138 valence electrons. The van der Waals surface area contributed by atoms with Crippen molar-refractivity contribution in [2.24, 2.45) is 5.41 Å². The van der Waals surface area contributed by atoms with E-state index >= 15 is 0 Å². The SMILES string of the molecule is COc1ccccc1C(NCc1c(C)nn(CCO)c1C)C(C)(C)C. The zero-order valence-electron chi connectivity index (χ0n) is 16.3. The number of aromatic nitrogens is 2. The average molecular weight is 345 g/mol. The van der Waals surface area contributed by atoms with Crippen molar-refractivity contribution >= 4 is 0 Å². The normalized spacial score (nSPS) is 13.1. The number of aryl methyl sites for hydroxylation is 1. The van der Waals surface area contributed by atoms with Gasteiger partial charge in [0.1, 0.15) is 5.75 Å². The Hall–Kier alpha value is -1.85. The molecule has 2 N–H and O–H groups in total. The summed E-state index contributed by atoms with van der Waals surface area (Å²) in [5, 5.41) is 17.4. The van der Waals surface area contributed by atoms with E-state index in [0.29, 0.717) is 6.54 Å². The topological polar surface area (TPSA) is 59.3 Å². The highest BCUT2D eigenvalue weighted by atomic mass is 16.5. The number of hydrogen-bond acceptors (Lipinski definition) is 4. The molecule has 0 amide bonds. The summed E-state index contributed by atoms with van der Waals surface area (Å²) in [4.78, 5) is 0. The van der Waals surface area contributed by atoms with E-state index in [9.17, 15) is 5.11 Å². The minimum Gasteiger partial charge on any atom is -0.496 e. The van der Waals surface area contributed by atoms with E-state index in [-0.39, 0.29) is 18.1 Å². The van der Waals surface area contributed by atoms with Gasteiger partial charge in [0.25, 0.3) is 0 Å². The molecule has 2 rings (SSSR count). The molecule has 0 saturated carbocycles. The average Bonchev–Trinajstić information content (AvgIpc) is 2.82. The maximum absolute atomic E-state index is 9.19. The lowest BCUT2D eigenvalue weighted by Gasteiger charge is -2.33. The van der Waals surface area contributed by atoms with Crippen molar-refractivity contribution in [2.75, 3.05) is 13.7 Å². The number of rotatable bonds is 7. The fourth-order valence-corrected chi connectivity index (χ4v) is 3.29. The van der Waals surface area contributed by atoms with Gasteiger partial charge in [0.05, 0.1) is 26.0 Å². The Labute approximate surface area is 151 Å². The van der Waals surface area contributed by atoms with E-state index in [1.165, 1.54) is 5.56 Å². The van der Waals surface area contributed by atoms with Crippen LogP contribution in [-0.2, 0) is 13.1 Å². The van der Waals surface area contributed by atoms with Crippen LogP contribution in [0.2, 0.25) is 0 Å². The molecule has 1 aromatic carbocycles. The molecule has 1 heterocycles. The van der Waals surface area contributed by atoms with Crippen molar-refractivity contribution < 1.29 is 9.84 Å². The molecule has 1 atom stereocenters. The third-order valence-corrected chi connectivity index (χ3v) is 4.64. The standard InChI is InChI=1S/C20H31N3O2/c1-14-17(15(2)23(22-14)11-12-24)13-21-19(20(3,4)5)16-9-7-8-10-18(16)25-6/h7-10,19,21,24H,11-13H2,1-6H3. The summed E-state index contributed by atoms with van der Waals surface area (Å²) in [6.07, 6.45) is 0. The van der Waals surface area contributed by atoms with Gasteiger partial charge in [0.15, 0.2) is 0 Å². The molecule has 1 aromatic heterocycles. The Bertz CT molecular complexity index is 701. The van der Waals surface area contributed by atoms with Gasteiger partial charge in [-0.25, -0.2) is 0 Å². The number of aliphatic hydroxyl groups excluding tert-OH is 1. The third kappa shape index (κ3) is 4.41. The quantitative estimate of drug-likeness (QED) is 0.808. The molecular weight excluding hydrogens is 314 g/mol. The van der Waals surface area contributed by atoms with E-state index in [2.05, 4.69) is 44.2 Å². The lowest BCUT2D eigenvalue weighted by Crippen LogP contribution is -2.32. The van der Waals surface area contributed by atoms with Crippen molar-refractivity contribution in [3.05, 3.63) is 46.8 Å². The first-order valence-electron chi connectivity index (χ1n) is 8.79. The Morgan fingerprint density at radius 3 is 2.52 bits per heavy atom. The zero-order valence-corrected chi connectivity index (χ0v) is 16.3. The number of nitrogens with one attached hydrogen (secondary N) is 1. The van der Waals surface area contributed by atoms with Crippen molar-refractivity contribution in [1.82, 2.24) is 15.1 Å². The van der Waals surface area contributed by atoms with Crippen molar-refractivity contribution in [3.8, 4) is 5.75 Å². The molecule has 0 bridgehead atoms. The van der Waals surface area contributed by atoms with Crippen molar-refractivity contribution in [3.63, 3.8) is 0 Å². The van der Waals surface area contributed by atoms with E-state index in [1.807, 2.05) is 29.8 Å². The van der Waals surface area contributed by atoms with Crippen LogP contribution in [0.3, 0.4) is 0 Å². The Morgan fingerprint density at radius 2 is 1.92 bits per heavy atom. The summed E-state index contributed by atoms with van der Waals surface area (Å²) in [7, 11) is 1.71. The highest BCUT2D eigenvalue weighted by Gasteiger charge is 2.28. The largest absolute Gasteiger partial charge is 0.496 e. The molecule has 5 heteroatoms. The predicted octanol–water partition coefficient (Wildman–Crippen LogP) is 3.38. The van der Waals surface area contributed by atoms with Gasteiger partial charge in [-0.1, -0.05) is 39.0 Å². The van der Waals surface area contributed by atoms with Crippen LogP contribution < -0.4 is 10.1 Å². The smallest absolute Gasteiger partial charge is 0.123 e. The van der Waals surface area contributed by atoms with E-state index in [0.717, 1.165) is 29.2 Å². The van der Waals surface area contributed by atoms with Crippen LogP contribution in [0.15, 0.2) is 24.3 Å². The van der Waals surface area contributed by atoms with Gasteiger partial charge in [0, 0.05) is 29.4 Å². The third-order valence-electron chi connectivity index (χ3n) is 4.64. The van der Waals surface area contributed by atoms with Gasteiger partial charge in [-0.3, -0.25) is 4.68 Å². The Morgan fingerprint density at radius 1 is 1.24 bits per heavy atom. The number of hydrogen-bond donors (Lipinski definition) is 2. The first-order chi connectivity index (χ1) is 11.8. The fourth-order valence-electron chi connectivity index (χ4n) is 3.29. The highest BCUT2D eigenvalue weighted by molar-refractivity contribution is 5.37. The molecule has 1 unspecified atom stereocenters. The summed E-state index contributed by atoms with van der Waals surface area (Å²) in [5.74, 6) is 0.902. The van der Waals surface area contributed by atoms with Crippen LogP contribution in [0, 0.1) is 19.3 Å². The minimum absolute atomic E-state index is 0.0253. The molecular formula is C20H31N3O2. The van der Waals surface area contributed by atoms with Crippen LogP contribution >= 0.6 is 0 Å². The summed E-state index contributed by atoms with van der Waals surface area (Å²) in [6.45, 7) is 12.1. The summed E-state index contributed by atoms with van der Waals surface area (Å²) in [5.41, 5.74) is 4.49. The van der Waals surface area contributed by atoms with Gasteiger partial charge >= 0.3 is 0 Å². The molecule has 0 aliphatic heterocycles. The summed E-state index contributed by atoms with van der Waals surface area (Å²) < 4.78 is 7.45. The lowest BCUT2D eigenvalue weighted by molar-refractivity contribution is 0.262. The highest BCUT2D eigenvalue weighted by Crippen LogP contribution is 2.37. The van der Waals surface area contributed by atoms with Gasteiger partial charge in [-0.15, -0.1) is 0 Å². The first-order valence-corrected chi connectivity index (χ1v) is 8.79. The molecule has 0 aliphatic carbocycles. The monoisotopic (exact) mass is 345 g/mol. The van der Waals surface area contributed by atoms with Crippen LogP contribution in [0.25, 0.3) is 0 Å². The summed E-state index contributed by atoms with van der Waals surface area (Å²) >= 11 is 0. The number of aliphatic hydroxyl groups is 1. The second-order valence-corrected chi connectivity index (χ2v) is 7.52. The minimum atomic E-state index is 0.0253. The fraction of sp³-hybridized carbons (Fsp3) is 0.550. The van der Waals surface area contributed by atoms with Crippen LogP contribution in [-0.4, -0.2) is 28.6 Å². The maximum atomic E-state index is 9.19. The molecule has 0 fully saturated rings. The van der Waals surface area contributed by atoms with Gasteiger partial charge in [-0.05, 0) is 25.3 Å². The van der Waals surface area contributed by atoms with Crippen molar-refractivity contribution in [2.45, 2.75) is 53.8 Å². The van der Waals surface area contributed by atoms with Crippen LogP contribution in [0.5, 0.6) is 5.75 Å². The molecule has 0 saturated heterocycles. The number of methoxy groups -OCH3 is 1. The molecule has 25 heavy (non-hydrogen) atoms. The zero-order chi connectivity index (χ0) is 18.6. The molecule has 0 spiro atoms. The van der Waals surface area contributed by atoms with E-state index in [1.54, 1.807) is 7.11 Å². The van der Waals surface area contributed by atoms with E-state index in [4.69, 9.17) is 4.74 Å². The predicted molar refractivity (Wildman–Crippen MR) is 101 cm³/mol. The van der Waals surface area contributed by atoms with Crippen LogP contribution in [0.1, 0.15) is 49.3 Å². The molecule has 0 radical (unpaired) electrons. The van der Waals surface area contributed by atoms with Gasteiger partial charge < -0.3 is 15.2 Å². The van der Waals surface area contributed by atoms with E-state index < -0.39 is 0 Å². The molecule has 5 nitrogen and oxygen atoms in total. The number of nitrogens with zero attached hydrogens (tertiary/aromatic N) is 2. The first kappa shape index (κ1) is 19.5. The Balaban J connectivity index is 2.28. The lowest BCUT2D eigenvalue weighted by atomic mass is 9.82. The van der Waals surface area contributed by atoms with Gasteiger partial charge in [-0.2, -0.15) is 5.10 Å². The second kappa shape index (κ2) is 8.02. The van der Waals surface area contributed by atoms with Crippen LogP contribution in [0.4, 0.5) is 0 Å². The number of para-hydroxylation sites is 1. The van der Waals surface area contributed by atoms with Crippen molar-refractivity contribution in [1.29, 1.82) is 0 Å².